The molecule has 0 unspecified atom stereocenters. The van der Waals surface area contributed by atoms with Crippen molar-refractivity contribution in [3.05, 3.63) is 53.9 Å². The SMILES string of the molecule is O=C(NCc1ccc2c(c1)OCO2)C1CCN(CCc2c[nH]c3ncccc23)CC1. The van der Waals surface area contributed by atoms with Gasteiger partial charge in [-0.1, -0.05) is 6.07 Å². The van der Waals surface area contributed by atoms with Gasteiger partial charge in [0, 0.05) is 36.8 Å². The van der Waals surface area contributed by atoms with Gasteiger partial charge in [-0.25, -0.2) is 4.98 Å². The summed E-state index contributed by atoms with van der Waals surface area (Å²) in [5, 5.41) is 4.29. The second kappa shape index (κ2) is 8.36. The number of rotatable bonds is 6. The fourth-order valence-corrected chi connectivity index (χ4v) is 4.30. The summed E-state index contributed by atoms with van der Waals surface area (Å²) in [6.07, 6.45) is 6.68. The topological polar surface area (TPSA) is 79.5 Å². The summed E-state index contributed by atoms with van der Waals surface area (Å²) in [6, 6.07) is 9.90. The fourth-order valence-electron chi connectivity index (χ4n) is 4.30. The number of ether oxygens (including phenoxy) is 2. The zero-order valence-corrected chi connectivity index (χ0v) is 16.9. The number of aromatic amines is 1. The number of piperidine rings is 1. The third-order valence-corrected chi connectivity index (χ3v) is 6.10. The normalized spacial score (nSPS) is 16.8. The Balaban J connectivity index is 1.07. The second-order valence-electron chi connectivity index (χ2n) is 7.98. The predicted molar refractivity (Wildman–Crippen MR) is 113 cm³/mol. The molecule has 0 radical (unpaired) electrons. The molecule has 30 heavy (non-hydrogen) atoms. The first-order chi connectivity index (χ1) is 14.8. The molecule has 0 spiro atoms. The molecule has 1 fully saturated rings. The van der Waals surface area contributed by atoms with Gasteiger partial charge in [0.15, 0.2) is 11.5 Å². The molecule has 0 bridgehead atoms. The number of hydrogen-bond donors (Lipinski definition) is 2. The highest BCUT2D eigenvalue weighted by Crippen LogP contribution is 2.32. The summed E-state index contributed by atoms with van der Waals surface area (Å²) in [6.45, 7) is 3.71. The van der Waals surface area contributed by atoms with Gasteiger partial charge in [-0.2, -0.15) is 0 Å². The smallest absolute Gasteiger partial charge is 0.231 e. The molecule has 2 aliphatic heterocycles. The van der Waals surface area contributed by atoms with Crippen LogP contribution in [0.25, 0.3) is 11.0 Å². The highest BCUT2D eigenvalue weighted by molar-refractivity contribution is 5.79. The molecule has 1 amide bonds. The van der Waals surface area contributed by atoms with E-state index in [1.54, 1.807) is 0 Å². The van der Waals surface area contributed by atoms with Crippen molar-refractivity contribution >= 4 is 16.9 Å². The van der Waals surface area contributed by atoms with E-state index in [0.717, 1.165) is 61.6 Å². The molecule has 2 aromatic heterocycles. The van der Waals surface area contributed by atoms with Crippen molar-refractivity contribution in [3.63, 3.8) is 0 Å². The number of hydrogen-bond acceptors (Lipinski definition) is 5. The molecule has 0 saturated carbocycles. The number of carbonyl (C=O) groups excluding carboxylic acids is 1. The largest absolute Gasteiger partial charge is 0.454 e. The first-order valence-electron chi connectivity index (χ1n) is 10.6. The van der Waals surface area contributed by atoms with Crippen molar-refractivity contribution in [1.29, 1.82) is 0 Å². The van der Waals surface area contributed by atoms with E-state index in [4.69, 9.17) is 9.47 Å². The number of H-pyrrole nitrogens is 1. The van der Waals surface area contributed by atoms with Gasteiger partial charge in [0.2, 0.25) is 12.7 Å². The summed E-state index contributed by atoms with van der Waals surface area (Å²) in [7, 11) is 0. The number of pyridine rings is 1. The zero-order valence-electron chi connectivity index (χ0n) is 16.9. The Labute approximate surface area is 175 Å². The van der Waals surface area contributed by atoms with Gasteiger partial charge < -0.3 is 24.7 Å². The van der Waals surface area contributed by atoms with Crippen molar-refractivity contribution in [2.75, 3.05) is 26.4 Å². The van der Waals surface area contributed by atoms with Crippen LogP contribution in [-0.4, -0.2) is 47.2 Å². The Morgan fingerprint density at radius 2 is 2.07 bits per heavy atom. The molecule has 3 aromatic rings. The van der Waals surface area contributed by atoms with Crippen LogP contribution in [0.3, 0.4) is 0 Å². The van der Waals surface area contributed by atoms with Crippen LogP contribution >= 0.6 is 0 Å². The first kappa shape index (κ1) is 18.9. The maximum atomic E-state index is 12.6. The Hall–Kier alpha value is -3.06. The average Bonchev–Trinajstić information content (AvgIpc) is 3.43. The van der Waals surface area contributed by atoms with E-state index in [2.05, 4.69) is 32.4 Å². The van der Waals surface area contributed by atoms with Gasteiger partial charge in [-0.15, -0.1) is 0 Å². The minimum Gasteiger partial charge on any atom is -0.454 e. The molecule has 1 aromatic carbocycles. The molecule has 0 aliphatic carbocycles. The third-order valence-electron chi connectivity index (χ3n) is 6.10. The number of benzene rings is 1. The lowest BCUT2D eigenvalue weighted by Gasteiger charge is -2.31. The van der Waals surface area contributed by atoms with Crippen molar-refractivity contribution in [1.82, 2.24) is 20.2 Å². The summed E-state index contributed by atoms with van der Waals surface area (Å²) < 4.78 is 10.7. The lowest BCUT2D eigenvalue weighted by atomic mass is 9.95. The fraction of sp³-hybridized carbons (Fsp3) is 0.391. The monoisotopic (exact) mass is 406 g/mol. The van der Waals surface area contributed by atoms with Crippen LogP contribution in [0.2, 0.25) is 0 Å². The lowest BCUT2D eigenvalue weighted by molar-refractivity contribution is -0.126. The maximum Gasteiger partial charge on any atom is 0.231 e. The van der Waals surface area contributed by atoms with Gasteiger partial charge in [-0.05, 0) is 67.7 Å². The van der Waals surface area contributed by atoms with E-state index in [9.17, 15) is 4.79 Å². The lowest BCUT2D eigenvalue weighted by Crippen LogP contribution is -2.41. The second-order valence-corrected chi connectivity index (χ2v) is 7.98. The molecule has 0 atom stereocenters. The third kappa shape index (κ3) is 3.98. The van der Waals surface area contributed by atoms with Gasteiger partial charge in [0.25, 0.3) is 0 Å². The number of likely N-dealkylation sites (tertiary alicyclic amines) is 1. The molecule has 2 aliphatic rings. The van der Waals surface area contributed by atoms with Gasteiger partial charge >= 0.3 is 0 Å². The number of nitrogens with one attached hydrogen (secondary N) is 2. The summed E-state index contributed by atoms with van der Waals surface area (Å²) >= 11 is 0. The molecule has 5 rings (SSSR count). The molecular weight excluding hydrogens is 380 g/mol. The highest BCUT2D eigenvalue weighted by atomic mass is 16.7. The van der Waals surface area contributed by atoms with Crippen LogP contribution in [0.5, 0.6) is 11.5 Å². The van der Waals surface area contributed by atoms with E-state index in [0.29, 0.717) is 6.54 Å². The molecule has 7 heteroatoms. The van der Waals surface area contributed by atoms with Crippen LogP contribution in [0.1, 0.15) is 24.0 Å². The summed E-state index contributed by atoms with van der Waals surface area (Å²) in [5.74, 6) is 1.75. The number of carbonyl (C=O) groups is 1. The molecular formula is C23H26N4O3. The van der Waals surface area contributed by atoms with Crippen LogP contribution < -0.4 is 14.8 Å². The number of amides is 1. The summed E-state index contributed by atoms with van der Waals surface area (Å²) in [5.41, 5.74) is 3.28. The van der Waals surface area contributed by atoms with Crippen molar-refractivity contribution in [2.45, 2.75) is 25.8 Å². The van der Waals surface area contributed by atoms with Crippen molar-refractivity contribution < 1.29 is 14.3 Å². The number of aromatic nitrogens is 2. The standard InChI is InChI=1S/C23H26N4O3/c28-23(26-13-16-3-4-20-21(12-16)30-15-29-20)17-5-9-27(10-6-17)11-7-18-14-25-22-19(18)2-1-8-24-22/h1-4,8,12,14,17H,5-7,9-11,13,15H2,(H,24,25)(H,26,28). The number of fused-ring (bicyclic) bond motifs is 2. The summed E-state index contributed by atoms with van der Waals surface area (Å²) in [4.78, 5) is 22.7. The quantitative estimate of drug-likeness (QED) is 0.658. The van der Waals surface area contributed by atoms with E-state index in [1.165, 1.54) is 10.9 Å². The minimum atomic E-state index is 0.0903. The zero-order chi connectivity index (χ0) is 20.3. The maximum absolute atomic E-state index is 12.6. The predicted octanol–water partition coefficient (Wildman–Crippen LogP) is 2.86. The molecule has 7 nitrogen and oxygen atoms in total. The van der Waals surface area contributed by atoms with Gasteiger partial charge in [-0.3, -0.25) is 4.79 Å². The van der Waals surface area contributed by atoms with E-state index in [-0.39, 0.29) is 18.6 Å². The van der Waals surface area contributed by atoms with Gasteiger partial charge in [0.1, 0.15) is 5.65 Å². The average molecular weight is 406 g/mol. The Bertz CT molecular complexity index is 1040. The molecule has 4 heterocycles. The Kier molecular flexibility index (Phi) is 5.27. The minimum absolute atomic E-state index is 0.0903. The van der Waals surface area contributed by atoms with Crippen LogP contribution in [0, 0.1) is 5.92 Å². The Morgan fingerprint density at radius 1 is 1.20 bits per heavy atom. The van der Waals surface area contributed by atoms with E-state index >= 15 is 0 Å². The van der Waals surface area contributed by atoms with E-state index < -0.39 is 0 Å². The molecule has 2 N–H and O–H groups in total. The van der Waals surface area contributed by atoms with Crippen LogP contribution in [0.15, 0.2) is 42.7 Å². The Morgan fingerprint density at radius 3 is 2.97 bits per heavy atom. The van der Waals surface area contributed by atoms with Gasteiger partial charge in [0.05, 0.1) is 0 Å². The van der Waals surface area contributed by atoms with Crippen LogP contribution in [0.4, 0.5) is 0 Å². The molecule has 1 saturated heterocycles. The van der Waals surface area contributed by atoms with Crippen molar-refractivity contribution in [3.8, 4) is 11.5 Å². The van der Waals surface area contributed by atoms with Crippen LogP contribution in [-0.2, 0) is 17.8 Å². The molecule has 156 valence electrons. The highest BCUT2D eigenvalue weighted by Gasteiger charge is 2.25. The van der Waals surface area contributed by atoms with E-state index in [1.807, 2.05) is 30.5 Å². The van der Waals surface area contributed by atoms with Crippen molar-refractivity contribution in [2.24, 2.45) is 5.92 Å². The number of nitrogens with zero attached hydrogens (tertiary/aromatic N) is 2. The first-order valence-corrected chi connectivity index (χ1v) is 10.6.